The Bertz CT molecular complexity index is 576. The Hall–Kier alpha value is -1.77. The quantitative estimate of drug-likeness (QED) is 0.874. The Morgan fingerprint density at radius 1 is 1.26 bits per heavy atom. The van der Waals surface area contributed by atoms with Crippen LogP contribution in [0.15, 0.2) is 30.5 Å². The third-order valence-corrected chi connectivity index (χ3v) is 4.22. The second-order valence-electron chi connectivity index (χ2n) is 5.54. The molecule has 100 valence electrons. The van der Waals surface area contributed by atoms with Crippen LogP contribution in [0.1, 0.15) is 32.6 Å². The van der Waals surface area contributed by atoms with E-state index >= 15 is 0 Å². The largest absolute Gasteiger partial charge is 0.508 e. The molecule has 1 aromatic heterocycles. The topological polar surface area (TPSA) is 45.2 Å². The molecule has 0 aliphatic heterocycles. The minimum absolute atomic E-state index is 0.289. The molecule has 0 amide bonds. The highest BCUT2D eigenvalue weighted by Crippen LogP contribution is 2.31. The molecule has 1 saturated carbocycles. The van der Waals surface area contributed by atoms with E-state index in [1.807, 2.05) is 18.3 Å². The van der Waals surface area contributed by atoms with Crippen LogP contribution in [0.2, 0.25) is 0 Å². The second-order valence-corrected chi connectivity index (χ2v) is 5.54. The molecule has 1 aromatic carbocycles. The Kier molecular flexibility index (Phi) is 3.28. The minimum Gasteiger partial charge on any atom is -0.508 e. The average molecular weight is 256 g/mol. The average Bonchev–Trinajstić information content (AvgIpc) is 2.93. The molecule has 1 fully saturated rings. The number of phenolic OH excluding ortho intramolecular Hbond substituents is 1. The zero-order valence-corrected chi connectivity index (χ0v) is 11.3. The molecule has 1 aliphatic carbocycles. The molecule has 3 heteroatoms. The maximum absolute atomic E-state index is 9.64. The number of pyridine rings is 1. The molecule has 1 atom stereocenters. The van der Waals surface area contributed by atoms with Gasteiger partial charge in [-0.3, -0.25) is 0 Å². The van der Waals surface area contributed by atoms with Crippen molar-refractivity contribution in [2.45, 2.75) is 38.6 Å². The van der Waals surface area contributed by atoms with Gasteiger partial charge in [-0.2, -0.15) is 0 Å². The first kappa shape index (κ1) is 12.3. The lowest BCUT2D eigenvalue weighted by molar-refractivity contribution is 0.476. The Labute approximate surface area is 113 Å². The van der Waals surface area contributed by atoms with Crippen LogP contribution in [0.25, 0.3) is 10.8 Å². The van der Waals surface area contributed by atoms with Crippen molar-refractivity contribution in [3.63, 3.8) is 0 Å². The van der Waals surface area contributed by atoms with E-state index in [-0.39, 0.29) is 5.75 Å². The van der Waals surface area contributed by atoms with Gasteiger partial charge < -0.3 is 10.4 Å². The summed E-state index contributed by atoms with van der Waals surface area (Å²) in [6.45, 7) is 2.24. The van der Waals surface area contributed by atoms with Crippen LogP contribution in [0.3, 0.4) is 0 Å². The first-order valence-electron chi connectivity index (χ1n) is 7.08. The number of aromatic hydroxyl groups is 1. The molecule has 1 unspecified atom stereocenters. The van der Waals surface area contributed by atoms with Crippen molar-refractivity contribution in [3.8, 4) is 5.75 Å². The SMILES string of the molecule is CC(Nc1nccc2ccc(O)cc12)C1CCCC1. The molecule has 1 heterocycles. The summed E-state index contributed by atoms with van der Waals surface area (Å²) in [6, 6.07) is 7.83. The number of rotatable bonds is 3. The number of aromatic nitrogens is 1. The van der Waals surface area contributed by atoms with Crippen LogP contribution in [0.5, 0.6) is 5.75 Å². The van der Waals surface area contributed by atoms with Crippen molar-refractivity contribution in [3.05, 3.63) is 30.5 Å². The normalized spacial score (nSPS) is 17.7. The van der Waals surface area contributed by atoms with Gasteiger partial charge in [0.15, 0.2) is 0 Å². The molecule has 2 aromatic rings. The fourth-order valence-corrected chi connectivity index (χ4v) is 3.06. The van der Waals surface area contributed by atoms with Gasteiger partial charge in [-0.25, -0.2) is 4.98 Å². The molecule has 1 aliphatic rings. The van der Waals surface area contributed by atoms with Crippen LogP contribution in [0.4, 0.5) is 5.82 Å². The van der Waals surface area contributed by atoms with E-state index in [4.69, 9.17) is 0 Å². The number of nitrogens with one attached hydrogen (secondary N) is 1. The summed E-state index contributed by atoms with van der Waals surface area (Å²) >= 11 is 0. The van der Waals surface area contributed by atoms with Gasteiger partial charge in [0.25, 0.3) is 0 Å². The molecule has 3 rings (SSSR count). The molecular weight excluding hydrogens is 236 g/mol. The standard InChI is InChI=1S/C16H20N2O/c1-11(12-4-2-3-5-12)18-16-15-10-14(19)7-6-13(15)8-9-17-16/h6-12,19H,2-5H2,1H3,(H,17,18). The second kappa shape index (κ2) is 5.08. The van der Waals surface area contributed by atoms with E-state index < -0.39 is 0 Å². The van der Waals surface area contributed by atoms with Crippen molar-refractivity contribution >= 4 is 16.6 Å². The first-order valence-corrected chi connectivity index (χ1v) is 7.08. The molecule has 0 bridgehead atoms. The third-order valence-electron chi connectivity index (χ3n) is 4.22. The van der Waals surface area contributed by atoms with Gasteiger partial charge in [-0.05, 0) is 49.3 Å². The Morgan fingerprint density at radius 3 is 2.84 bits per heavy atom. The van der Waals surface area contributed by atoms with Gasteiger partial charge in [0.1, 0.15) is 11.6 Å². The third kappa shape index (κ3) is 2.50. The maximum atomic E-state index is 9.64. The van der Waals surface area contributed by atoms with Gasteiger partial charge in [-0.15, -0.1) is 0 Å². The number of anilines is 1. The molecule has 19 heavy (non-hydrogen) atoms. The number of phenols is 1. The lowest BCUT2D eigenvalue weighted by Crippen LogP contribution is -2.24. The molecular formula is C16H20N2O. The predicted octanol–water partition coefficient (Wildman–Crippen LogP) is 3.93. The van der Waals surface area contributed by atoms with E-state index in [1.165, 1.54) is 25.7 Å². The molecule has 2 N–H and O–H groups in total. The van der Waals surface area contributed by atoms with Crippen molar-refractivity contribution in [1.82, 2.24) is 4.98 Å². The van der Waals surface area contributed by atoms with Crippen LogP contribution >= 0.6 is 0 Å². The highest BCUT2D eigenvalue weighted by atomic mass is 16.3. The van der Waals surface area contributed by atoms with E-state index in [2.05, 4.69) is 17.2 Å². The Balaban J connectivity index is 1.89. The predicted molar refractivity (Wildman–Crippen MR) is 78.5 cm³/mol. The number of nitrogens with zero attached hydrogens (tertiary/aromatic N) is 1. The lowest BCUT2D eigenvalue weighted by Gasteiger charge is -2.21. The number of fused-ring (bicyclic) bond motifs is 1. The van der Waals surface area contributed by atoms with Gasteiger partial charge in [-0.1, -0.05) is 18.9 Å². The molecule has 3 nitrogen and oxygen atoms in total. The zero-order valence-electron chi connectivity index (χ0n) is 11.3. The number of benzene rings is 1. The fraction of sp³-hybridized carbons (Fsp3) is 0.438. The Morgan fingerprint density at radius 2 is 2.05 bits per heavy atom. The van der Waals surface area contributed by atoms with Crippen LogP contribution in [-0.4, -0.2) is 16.1 Å². The summed E-state index contributed by atoms with van der Waals surface area (Å²) in [7, 11) is 0. The first-order chi connectivity index (χ1) is 9.24. The van der Waals surface area contributed by atoms with Gasteiger partial charge in [0, 0.05) is 17.6 Å². The van der Waals surface area contributed by atoms with Crippen LogP contribution in [-0.2, 0) is 0 Å². The number of hydrogen-bond donors (Lipinski definition) is 2. The van der Waals surface area contributed by atoms with E-state index in [9.17, 15) is 5.11 Å². The monoisotopic (exact) mass is 256 g/mol. The van der Waals surface area contributed by atoms with Gasteiger partial charge in [0.05, 0.1) is 0 Å². The zero-order chi connectivity index (χ0) is 13.2. The summed E-state index contributed by atoms with van der Waals surface area (Å²) < 4.78 is 0. The summed E-state index contributed by atoms with van der Waals surface area (Å²) in [5.41, 5.74) is 0. The fourth-order valence-electron chi connectivity index (χ4n) is 3.06. The smallest absolute Gasteiger partial charge is 0.134 e. The van der Waals surface area contributed by atoms with Crippen molar-refractivity contribution in [1.29, 1.82) is 0 Å². The van der Waals surface area contributed by atoms with Crippen LogP contribution < -0.4 is 5.32 Å². The maximum Gasteiger partial charge on any atom is 0.134 e. The summed E-state index contributed by atoms with van der Waals surface area (Å²) in [5, 5.41) is 15.3. The highest BCUT2D eigenvalue weighted by Gasteiger charge is 2.22. The van der Waals surface area contributed by atoms with E-state index in [0.29, 0.717) is 6.04 Å². The highest BCUT2D eigenvalue weighted by molar-refractivity contribution is 5.92. The number of hydrogen-bond acceptors (Lipinski definition) is 3. The summed E-state index contributed by atoms with van der Waals surface area (Å²) in [6.07, 6.45) is 7.14. The van der Waals surface area contributed by atoms with Gasteiger partial charge in [0.2, 0.25) is 0 Å². The van der Waals surface area contributed by atoms with Crippen molar-refractivity contribution in [2.24, 2.45) is 5.92 Å². The van der Waals surface area contributed by atoms with Crippen LogP contribution in [0, 0.1) is 5.92 Å². The van der Waals surface area contributed by atoms with Crippen molar-refractivity contribution in [2.75, 3.05) is 5.32 Å². The molecule has 0 radical (unpaired) electrons. The molecule has 0 spiro atoms. The van der Waals surface area contributed by atoms with E-state index in [1.54, 1.807) is 12.1 Å². The lowest BCUT2D eigenvalue weighted by atomic mass is 9.99. The van der Waals surface area contributed by atoms with Gasteiger partial charge >= 0.3 is 0 Å². The summed E-state index contributed by atoms with van der Waals surface area (Å²) in [5.74, 6) is 1.92. The van der Waals surface area contributed by atoms with E-state index in [0.717, 1.165) is 22.5 Å². The van der Waals surface area contributed by atoms with Crippen molar-refractivity contribution < 1.29 is 5.11 Å². The molecule has 0 saturated heterocycles. The minimum atomic E-state index is 0.289. The summed E-state index contributed by atoms with van der Waals surface area (Å²) in [4.78, 5) is 4.44.